The smallest absolute Gasteiger partial charge is 0.302 e. The van der Waals surface area contributed by atoms with Crippen molar-refractivity contribution in [2.75, 3.05) is 0 Å². The minimum absolute atomic E-state index is 0.00228. The Kier molecular flexibility index (Phi) is 9.00. The van der Waals surface area contributed by atoms with Crippen molar-refractivity contribution in [3.8, 4) is 0 Å². The van der Waals surface area contributed by atoms with Crippen molar-refractivity contribution >= 4 is 14.3 Å². The van der Waals surface area contributed by atoms with E-state index < -0.39 is 25.4 Å². The molecule has 3 saturated carbocycles. The Balaban J connectivity index is 1.64. The summed E-state index contributed by atoms with van der Waals surface area (Å²) >= 11 is 0. The van der Waals surface area contributed by atoms with Crippen LogP contribution in [0.15, 0.2) is 23.3 Å². The van der Waals surface area contributed by atoms with Gasteiger partial charge in [0.2, 0.25) is 0 Å². The van der Waals surface area contributed by atoms with Crippen LogP contribution in [0, 0.1) is 34.5 Å². The van der Waals surface area contributed by atoms with Crippen LogP contribution < -0.4 is 0 Å². The monoisotopic (exact) mass is 588 g/mol. The molecule has 0 saturated heterocycles. The van der Waals surface area contributed by atoms with Crippen LogP contribution >= 0.6 is 0 Å². The zero-order valence-electron chi connectivity index (χ0n) is 28.0. The largest absolute Gasteiger partial charge is 0.462 e. The van der Waals surface area contributed by atoms with Crippen LogP contribution in [0.3, 0.4) is 0 Å². The van der Waals surface area contributed by atoms with Gasteiger partial charge in [0.25, 0.3) is 0 Å². The van der Waals surface area contributed by atoms with Crippen LogP contribution in [0.2, 0.25) is 18.1 Å². The zero-order valence-corrected chi connectivity index (χ0v) is 29.0. The van der Waals surface area contributed by atoms with E-state index in [9.17, 15) is 15.0 Å². The number of hydrogen-bond donors (Lipinski definition) is 2. The summed E-state index contributed by atoms with van der Waals surface area (Å²) in [6.07, 6.45) is 11.4. The van der Waals surface area contributed by atoms with Gasteiger partial charge < -0.3 is 19.4 Å². The number of carbonyl (C=O) groups excluding carboxylic acids is 1. The molecule has 0 aliphatic heterocycles. The molecule has 5 nitrogen and oxygen atoms in total. The van der Waals surface area contributed by atoms with Gasteiger partial charge in [-0.2, -0.15) is 0 Å². The molecule has 2 N–H and O–H groups in total. The first-order valence-corrected chi connectivity index (χ1v) is 19.3. The number of fused-ring (bicyclic) bond motifs is 5. The quantitative estimate of drug-likeness (QED) is 0.222. The van der Waals surface area contributed by atoms with Crippen LogP contribution in [0.4, 0.5) is 0 Å². The molecule has 0 aromatic rings. The van der Waals surface area contributed by atoms with Gasteiger partial charge in [0, 0.05) is 18.3 Å². The average Bonchev–Trinajstić information content (AvgIpc) is 3.14. The number of hydrogen-bond acceptors (Lipinski definition) is 5. The Labute approximate surface area is 251 Å². The molecule has 0 aromatic heterocycles. The third kappa shape index (κ3) is 6.19. The molecule has 0 spiro atoms. The van der Waals surface area contributed by atoms with Gasteiger partial charge in [0.1, 0.15) is 6.10 Å². The summed E-state index contributed by atoms with van der Waals surface area (Å²) in [4.78, 5) is 12.5. The minimum Gasteiger partial charge on any atom is -0.462 e. The highest BCUT2D eigenvalue weighted by Crippen LogP contribution is 2.67. The predicted molar refractivity (Wildman–Crippen MR) is 169 cm³/mol. The van der Waals surface area contributed by atoms with Gasteiger partial charge in [0.05, 0.1) is 17.8 Å². The summed E-state index contributed by atoms with van der Waals surface area (Å²) in [7, 11) is -1.98. The van der Waals surface area contributed by atoms with Crippen molar-refractivity contribution in [1.29, 1.82) is 0 Å². The first kappa shape index (κ1) is 33.0. The summed E-state index contributed by atoms with van der Waals surface area (Å²) in [6, 6.07) is 0. The Morgan fingerprint density at radius 1 is 1.15 bits per heavy atom. The van der Waals surface area contributed by atoms with Crippen molar-refractivity contribution < 1.29 is 24.2 Å². The fourth-order valence-electron chi connectivity index (χ4n) is 9.15. The summed E-state index contributed by atoms with van der Waals surface area (Å²) in [5, 5.41) is 22.3. The van der Waals surface area contributed by atoms with E-state index >= 15 is 0 Å². The van der Waals surface area contributed by atoms with Crippen LogP contribution in [0.5, 0.6) is 0 Å². The van der Waals surface area contributed by atoms with Crippen molar-refractivity contribution in [2.45, 2.75) is 156 Å². The molecule has 9 atom stereocenters. The van der Waals surface area contributed by atoms with Crippen LogP contribution in [-0.4, -0.2) is 48.4 Å². The first-order chi connectivity index (χ1) is 18.7. The molecule has 3 fully saturated rings. The fraction of sp³-hybridized carbons (Fsp3) is 0.857. The summed E-state index contributed by atoms with van der Waals surface area (Å²) in [6.45, 7) is 23.8. The molecule has 0 bridgehead atoms. The molecule has 4 aliphatic rings. The predicted octanol–water partition coefficient (Wildman–Crippen LogP) is 7.97. The van der Waals surface area contributed by atoms with Gasteiger partial charge >= 0.3 is 5.97 Å². The molecule has 0 unspecified atom stereocenters. The zero-order chi connectivity index (χ0) is 30.8. The van der Waals surface area contributed by atoms with Crippen molar-refractivity contribution in [2.24, 2.45) is 34.5 Å². The maximum absolute atomic E-state index is 12.5. The lowest BCUT2D eigenvalue weighted by atomic mass is 9.48. The van der Waals surface area contributed by atoms with E-state index in [0.29, 0.717) is 24.2 Å². The van der Waals surface area contributed by atoms with Gasteiger partial charge in [-0.25, -0.2) is 0 Å². The second-order valence-electron chi connectivity index (χ2n) is 16.9. The Hall–Kier alpha value is -0.953. The highest BCUT2D eigenvalue weighted by molar-refractivity contribution is 6.74. The van der Waals surface area contributed by atoms with Gasteiger partial charge in [-0.05, 0) is 93.7 Å². The third-order valence-electron chi connectivity index (χ3n) is 12.3. The van der Waals surface area contributed by atoms with Crippen molar-refractivity contribution in [3.05, 3.63) is 23.3 Å². The highest BCUT2D eigenvalue weighted by atomic mass is 28.4. The van der Waals surface area contributed by atoms with Crippen LogP contribution in [0.1, 0.15) is 114 Å². The summed E-state index contributed by atoms with van der Waals surface area (Å²) < 4.78 is 13.1. The maximum atomic E-state index is 12.5. The average molecular weight is 589 g/mol. The lowest BCUT2D eigenvalue weighted by Gasteiger charge is -2.59. The first-order valence-electron chi connectivity index (χ1n) is 16.4. The van der Waals surface area contributed by atoms with Gasteiger partial charge in [-0.3, -0.25) is 4.79 Å². The Morgan fingerprint density at radius 2 is 1.80 bits per heavy atom. The molecule has 0 aromatic carbocycles. The molecule has 0 radical (unpaired) electrons. The summed E-state index contributed by atoms with van der Waals surface area (Å²) in [5.74, 6) is 1.29. The Bertz CT molecular complexity index is 1050. The molecule has 0 amide bonds. The van der Waals surface area contributed by atoms with E-state index in [4.69, 9.17) is 9.16 Å². The molecular weight excluding hydrogens is 528 g/mol. The molecule has 0 heterocycles. The van der Waals surface area contributed by atoms with Crippen LogP contribution in [-0.2, 0) is 14.0 Å². The molecule has 4 aliphatic carbocycles. The van der Waals surface area contributed by atoms with E-state index in [2.05, 4.69) is 66.8 Å². The normalized spacial score (nSPS) is 38.3. The number of allylic oxidation sites excluding steroid dienone is 2. The molecule has 41 heavy (non-hydrogen) atoms. The van der Waals surface area contributed by atoms with E-state index in [1.54, 1.807) is 0 Å². The topological polar surface area (TPSA) is 76.0 Å². The molecule has 6 heteroatoms. The number of rotatable bonds is 8. The number of aliphatic hydroxyl groups is 2. The lowest BCUT2D eigenvalue weighted by Crippen LogP contribution is -2.59. The van der Waals surface area contributed by atoms with Crippen molar-refractivity contribution in [1.82, 2.24) is 0 Å². The van der Waals surface area contributed by atoms with E-state index in [1.807, 2.05) is 13.8 Å². The molecule has 234 valence electrons. The number of esters is 1. The minimum atomic E-state index is -1.98. The third-order valence-corrected chi connectivity index (χ3v) is 16.9. The van der Waals surface area contributed by atoms with Gasteiger partial charge in [-0.15, -0.1) is 0 Å². The van der Waals surface area contributed by atoms with Gasteiger partial charge in [-0.1, -0.05) is 77.7 Å². The Morgan fingerprint density at radius 3 is 2.39 bits per heavy atom. The second-order valence-corrected chi connectivity index (χ2v) is 21.6. The summed E-state index contributed by atoms with van der Waals surface area (Å²) in [5.41, 5.74) is 1.61. The van der Waals surface area contributed by atoms with E-state index in [0.717, 1.165) is 38.5 Å². The lowest BCUT2D eigenvalue weighted by molar-refractivity contribution is -0.162. The number of ether oxygens (including phenoxy) is 1. The molecule has 4 rings (SSSR count). The maximum Gasteiger partial charge on any atom is 0.302 e. The van der Waals surface area contributed by atoms with Crippen LogP contribution in [0.25, 0.3) is 0 Å². The van der Waals surface area contributed by atoms with E-state index in [1.165, 1.54) is 24.5 Å². The highest BCUT2D eigenvalue weighted by Gasteiger charge is 2.63. The van der Waals surface area contributed by atoms with Crippen molar-refractivity contribution in [3.63, 3.8) is 0 Å². The molecular formula is C35H60O5Si. The SMILES string of the molecule is CC(=O)O[C@@H]1C[C@]2(C)[C@@H]([C@H](C)CCCC(C)(C)O)CC[C@H]2C2=CC=C3C[C@@H](O[Si](C)(C)C(C)(C)C)C[C@H](O)[C@]3(C)[C@H]21. The fourth-order valence-corrected chi connectivity index (χ4v) is 10.5. The van der Waals surface area contributed by atoms with E-state index in [-0.39, 0.29) is 34.5 Å². The van der Waals surface area contributed by atoms with Gasteiger partial charge in [0.15, 0.2) is 8.32 Å². The number of aliphatic hydroxyl groups excluding tert-OH is 1. The number of carbonyl (C=O) groups is 1. The standard InChI is InChI=1S/C35H60O5Si/c1-22(13-12-18-33(6,7)38)27-16-17-28-26-15-14-24-19-25(40-41(10,11)32(3,4)5)20-30(37)35(24,9)31(26)29(39-23(2)36)21-34(27,28)8/h14-15,22,25,27-31,37-38H,12-13,16-21H2,1-11H3/t22-,25-,27-,28+,29-,30+,31-,34-,35-/m1/s1. The second kappa shape index (κ2) is 11.2.